The third kappa shape index (κ3) is 1.78. The minimum Gasteiger partial charge on any atom is -0.337 e. The van der Waals surface area contributed by atoms with E-state index >= 15 is 0 Å². The summed E-state index contributed by atoms with van der Waals surface area (Å²) in [5.41, 5.74) is 2.15. The van der Waals surface area contributed by atoms with Gasteiger partial charge in [-0.05, 0) is 24.3 Å². The number of H-pyrrole nitrogens is 2. The van der Waals surface area contributed by atoms with Gasteiger partial charge in [-0.25, -0.2) is 13.4 Å². The zero-order valence-corrected chi connectivity index (χ0v) is 10.3. The Labute approximate surface area is 103 Å². The summed E-state index contributed by atoms with van der Waals surface area (Å²) >= 11 is 0. The normalized spacial score (nSPS) is 12.1. The first-order valence-electron chi connectivity index (χ1n) is 5.23. The van der Waals surface area contributed by atoms with Crippen LogP contribution in [-0.4, -0.2) is 34.8 Å². The monoisotopic (exact) mass is 262 g/mol. The van der Waals surface area contributed by atoms with Crippen LogP contribution in [0.15, 0.2) is 35.4 Å². The lowest BCUT2D eigenvalue weighted by atomic mass is 10.3. The van der Waals surface area contributed by atoms with Crippen LogP contribution in [0, 0.1) is 0 Å². The van der Waals surface area contributed by atoms with Crippen LogP contribution in [-0.2, 0) is 9.84 Å². The van der Waals surface area contributed by atoms with Crippen LogP contribution in [0.25, 0.3) is 22.6 Å². The number of imidazole rings is 1. The van der Waals surface area contributed by atoms with Crippen molar-refractivity contribution in [2.45, 2.75) is 4.90 Å². The zero-order chi connectivity index (χ0) is 12.8. The lowest BCUT2D eigenvalue weighted by Gasteiger charge is -1.96. The summed E-state index contributed by atoms with van der Waals surface area (Å²) in [7, 11) is -3.21. The number of hydrogen-bond donors (Lipinski definition) is 2. The first-order valence-corrected chi connectivity index (χ1v) is 7.13. The number of fused-ring (bicyclic) bond motifs is 1. The largest absolute Gasteiger partial charge is 0.337 e. The highest BCUT2D eigenvalue weighted by atomic mass is 32.2. The van der Waals surface area contributed by atoms with Crippen molar-refractivity contribution >= 4 is 20.9 Å². The third-order valence-corrected chi connectivity index (χ3v) is 3.75. The Kier molecular flexibility index (Phi) is 2.24. The highest BCUT2D eigenvalue weighted by Crippen LogP contribution is 2.21. The van der Waals surface area contributed by atoms with E-state index in [9.17, 15) is 8.42 Å². The predicted octanol–water partition coefficient (Wildman–Crippen LogP) is 1.36. The standard InChI is InChI=1S/C11H10N4O2S/c1-18(16,17)7-2-3-8-10(6-7)14-11(13-8)9-4-5-12-15-9/h2-6H,1H3,(H,12,15)(H,13,14). The van der Waals surface area contributed by atoms with Crippen LogP contribution in [0.5, 0.6) is 0 Å². The second-order valence-corrected chi connectivity index (χ2v) is 6.02. The van der Waals surface area contributed by atoms with E-state index in [0.717, 1.165) is 5.69 Å². The fourth-order valence-electron chi connectivity index (χ4n) is 1.73. The van der Waals surface area contributed by atoms with Crippen molar-refractivity contribution < 1.29 is 8.42 Å². The maximum atomic E-state index is 11.5. The molecule has 0 bridgehead atoms. The molecule has 3 rings (SSSR count). The molecule has 1 aromatic carbocycles. The van der Waals surface area contributed by atoms with E-state index in [1.54, 1.807) is 30.5 Å². The van der Waals surface area contributed by atoms with Gasteiger partial charge in [0.15, 0.2) is 15.7 Å². The molecule has 0 atom stereocenters. The molecule has 2 N–H and O–H groups in total. The second-order valence-electron chi connectivity index (χ2n) is 4.01. The van der Waals surface area contributed by atoms with E-state index in [4.69, 9.17) is 0 Å². The van der Waals surface area contributed by atoms with Crippen molar-refractivity contribution in [2.75, 3.05) is 6.26 Å². The van der Waals surface area contributed by atoms with Crippen molar-refractivity contribution in [1.82, 2.24) is 20.2 Å². The molecule has 6 nitrogen and oxygen atoms in total. The number of aromatic nitrogens is 4. The van der Waals surface area contributed by atoms with Gasteiger partial charge in [-0.15, -0.1) is 0 Å². The Morgan fingerprint density at radius 3 is 2.72 bits per heavy atom. The number of benzene rings is 1. The predicted molar refractivity (Wildman–Crippen MR) is 66.8 cm³/mol. The van der Waals surface area contributed by atoms with E-state index < -0.39 is 9.84 Å². The van der Waals surface area contributed by atoms with Crippen molar-refractivity contribution in [1.29, 1.82) is 0 Å². The maximum Gasteiger partial charge on any atom is 0.175 e. The first kappa shape index (κ1) is 11.0. The number of sulfone groups is 1. The van der Waals surface area contributed by atoms with Crippen molar-refractivity contribution in [2.24, 2.45) is 0 Å². The average molecular weight is 262 g/mol. The smallest absolute Gasteiger partial charge is 0.175 e. The molecule has 0 radical (unpaired) electrons. The van der Waals surface area contributed by atoms with Crippen LogP contribution in [0.2, 0.25) is 0 Å². The molecule has 0 amide bonds. The summed E-state index contributed by atoms with van der Waals surface area (Å²) in [5, 5.41) is 6.64. The van der Waals surface area contributed by atoms with Gasteiger partial charge in [-0.1, -0.05) is 0 Å². The molecule has 0 fully saturated rings. The molecule has 0 aliphatic carbocycles. The van der Waals surface area contributed by atoms with E-state index in [1.807, 2.05) is 0 Å². The van der Waals surface area contributed by atoms with Gasteiger partial charge in [-0.3, -0.25) is 5.10 Å². The summed E-state index contributed by atoms with van der Waals surface area (Å²) in [5.74, 6) is 0.633. The lowest BCUT2D eigenvalue weighted by molar-refractivity contribution is 0.602. The Bertz CT molecular complexity index is 803. The summed E-state index contributed by atoms with van der Waals surface area (Å²) in [4.78, 5) is 7.69. The minimum atomic E-state index is -3.21. The molecule has 0 unspecified atom stereocenters. The van der Waals surface area contributed by atoms with Gasteiger partial charge >= 0.3 is 0 Å². The third-order valence-electron chi connectivity index (χ3n) is 2.64. The van der Waals surface area contributed by atoms with Crippen LogP contribution in [0.3, 0.4) is 0 Å². The average Bonchev–Trinajstić information content (AvgIpc) is 2.95. The van der Waals surface area contributed by atoms with Gasteiger partial charge < -0.3 is 4.98 Å². The Balaban J connectivity index is 2.19. The maximum absolute atomic E-state index is 11.5. The Morgan fingerprint density at radius 2 is 2.06 bits per heavy atom. The fraction of sp³-hybridized carbons (Fsp3) is 0.0909. The molecule has 2 aromatic heterocycles. The van der Waals surface area contributed by atoms with Crippen LogP contribution >= 0.6 is 0 Å². The quantitative estimate of drug-likeness (QED) is 0.729. The van der Waals surface area contributed by atoms with Gasteiger partial charge in [0.25, 0.3) is 0 Å². The van der Waals surface area contributed by atoms with E-state index in [2.05, 4.69) is 20.2 Å². The molecular weight excluding hydrogens is 252 g/mol. The number of hydrogen-bond acceptors (Lipinski definition) is 4. The molecule has 0 spiro atoms. The number of nitrogens with one attached hydrogen (secondary N) is 2. The summed E-state index contributed by atoms with van der Waals surface area (Å²) in [6, 6.07) is 6.60. The van der Waals surface area contributed by atoms with Crippen molar-refractivity contribution in [3.63, 3.8) is 0 Å². The highest BCUT2D eigenvalue weighted by Gasteiger charge is 2.11. The Hall–Kier alpha value is -2.15. The molecule has 0 aliphatic rings. The number of aromatic amines is 2. The fourth-order valence-corrected chi connectivity index (χ4v) is 2.38. The molecule has 18 heavy (non-hydrogen) atoms. The molecule has 2 heterocycles. The summed E-state index contributed by atoms with van der Waals surface area (Å²) in [6.07, 6.45) is 2.81. The molecular formula is C11H10N4O2S. The van der Waals surface area contributed by atoms with Gasteiger partial charge in [0.2, 0.25) is 0 Å². The summed E-state index contributed by atoms with van der Waals surface area (Å²) in [6.45, 7) is 0. The topological polar surface area (TPSA) is 91.5 Å². The summed E-state index contributed by atoms with van der Waals surface area (Å²) < 4.78 is 22.9. The second kappa shape index (κ2) is 3.67. The SMILES string of the molecule is CS(=O)(=O)c1ccc2nc(-c3ccn[nH]3)[nH]c2c1. The first-order chi connectivity index (χ1) is 8.54. The molecule has 0 aliphatic heterocycles. The van der Waals surface area contributed by atoms with Crippen molar-refractivity contribution in [3.05, 3.63) is 30.5 Å². The van der Waals surface area contributed by atoms with Crippen LogP contribution in [0.4, 0.5) is 0 Å². The van der Waals surface area contributed by atoms with Gasteiger partial charge in [0, 0.05) is 12.5 Å². The minimum absolute atomic E-state index is 0.273. The Morgan fingerprint density at radius 1 is 1.22 bits per heavy atom. The molecule has 3 aromatic rings. The number of rotatable bonds is 2. The lowest BCUT2D eigenvalue weighted by Crippen LogP contribution is -1.96. The molecule has 7 heteroatoms. The van der Waals surface area contributed by atoms with Gasteiger partial charge in [0.05, 0.1) is 15.9 Å². The van der Waals surface area contributed by atoms with Crippen molar-refractivity contribution in [3.8, 4) is 11.5 Å². The van der Waals surface area contributed by atoms with E-state index in [-0.39, 0.29) is 4.90 Å². The van der Waals surface area contributed by atoms with E-state index in [1.165, 1.54) is 6.26 Å². The van der Waals surface area contributed by atoms with Gasteiger partial charge in [0.1, 0.15) is 5.69 Å². The molecule has 0 saturated heterocycles. The van der Waals surface area contributed by atoms with Crippen LogP contribution < -0.4 is 0 Å². The number of nitrogens with zero attached hydrogens (tertiary/aromatic N) is 2. The van der Waals surface area contributed by atoms with E-state index in [0.29, 0.717) is 16.9 Å². The zero-order valence-electron chi connectivity index (χ0n) is 9.51. The molecule has 0 saturated carbocycles. The molecule has 92 valence electrons. The van der Waals surface area contributed by atoms with Crippen LogP contribution in [0.1, 0.15) is 0 Å². The highest BCUT2D eigenvalue weighted by molar-refractivity contribution is 7.90. The van der Waals surface area contributed by atoms with Gasteiger partial charge in [-0.2, -0.15) is 5.10 Å².